The molecule has 4 aromatic rings. The third-order valence-electron chi connectivity index (χ3n) is 7.69. The molecule has 2 atom stereocenters. The minimum absolute atomic E-state index is 0.481. The van der Waals surface area contributed by atoms with E-state index in [4.69, 9.17) is 15.0 Å². The third kappa shape index (κ3) is 4.35. The molecule has 0 amide bonds. The van der Waals surface area contributed by atoms with Gasteiger partial charge in [0.15, 0.2) is 0 Å². The van der Waals surface area contributed by atoms with Crippen LogP contribution in [0.25, 0.3) is 20.8 Å². The van der Waals surface area contributed by atoms with Crippen LogP contribution < -0.4 is 10.2 Å². The molecule has 5 heterocycles. The molecule has 2 N–H and O–H groups in total. The number of benzene rings is 1. The number of anilines is 3. The van der Waals surface area contributed by atoms with E-state index in [1.807, 2.05) is 45.2 Å². The Labute approximate surface area is 221 Å². The van der Waals surface area contributed by atoms with Crippen molar-refractivity contribution >= 4 is 39.1 Å². The molecular weight excluding hydrogens is 482 g/mol. The molecule has 2 aliphatic rings. The molecule has 192 valence electrons. The number of fused-ring (bicyclic) bond motifs is 3. The van der Waals surface area contributed by atoms with E-state index >= 15 is 0 Å². The molecule has 9 heteroatoms. The number of piperazine rings is 1. The van der Waals surface area contributed by atoms with Gasteiger partial charge in [0.25, 0.3) is 0 Å². The van der Waals surface area contributed by atoms with Crippen LogP contribution in [-0.4, -0.2) is 62.2 Å². The second kappa shape index (κ2) is 8.72. The van der Waals surface area contributed by atoms with E-state index in [-0.39, 0.29) is 0 Å². The number of aliphatic hydroxyl groups is 1. The Morgan fingerprint density at radius 1 is 1.03 bits per heavy atom. The van der Waals surface area contributed by atoms with Crippen LogP contribution in [-0.2, 0) is 5.60 Å². The van der Waals surface area contributed by atoms with Crippen LogP contribution in [0.2, 0.25) is 0 Å². The van der Waals surface area contributed by atoms with Crippen molar-refractivity contribution < 1.29 is 5.11 Å². The van der Waals surface area contributed by atoms with Crippen molar-refractivity contribution in [3.63, 3.8) is 0 Å². The normalized spacial score (nSPS) is 19.8. The first-order valence-corrected chi connectivity index (χ1v) is 13.6. The lowest BCUT2D eigenvalue weighted by Gasteiger charge is -2.32. The molecule has 2 saturated heterocycles. The van der Waals surface area contributed by atoms with Crippen molar-refractivity contribution in [3.05, 3.63) is 52.8 Å². The highest BCUT2D eigenvalue weighted by Crippen LogP contribution is 2.38. The number of likely N-dealkylation sites (N-methyl/N-ethyl adjacent to an activating group) is 1. The molecule has 37 heavy (non-hydrogen) atoms. The number of pyridine rings is 1. The maximum absolute atomic E-state index is 10.6. The monoisotopic (exact) mass is 515 g/mol. The van der Waals surface area contributed by atoms with Crippen molar-refractivity contribution in [1.82, 2.24) is 24.8 Å². The number of nitrogens with one attached hydrogen (secondary N) is 1. The van der Waals surface area contributed by atoms with Crippen molar-refractivity contribution in [2.24, 2.45) is 0 Å². The predicted octanol–water partition coefficient (Wildman–Crippen LogP) is 4.94. The van der Waals surface area contributed by atoms with Gasteiger partial charge in [-0.2, -0.15) is 4.98 Å². The first-order chi connectivity index (χ1) is 17.6. The summed E-state index contributed by atoms with van der Waals surface area (Å²) in [4.78, 5) is 24.0. The Balaban J connectivity index is 1.30. The second-order valence-electron chi connectivity index (χ2n) is 11.0. The summed E-state index contributed by atoms with van der Waals surface area (Å²) < 4.78 is 1.02. The molecule has 8 nitrogen and oxygen atoms in total. The summed E-state index contributed by atoms with van der Waals surface area (Å²) in [6, 6.07) is 9.07. The number of rotatable bonds is 5. The zero-order valence-corrected chi connectivity index (χ0v) is 23.0. The van der Waals surface area contributed by atoms with Gasteiger partial charge in [-0.25, -0.2) is 15.0 Å². The van der Waals surface area contributed by atoms with E-state index in [1.165, 1.54) is 6.42 Å². The smallest absolute Gasteiger partial charge is 0.227 e. The molecule has 0 radical (unpaired) electrons. The molecule has 2 fully saturated rings. The van der Waals surface area contributed by atoms with Gasteiger partial charge in [0.05, 0.1) is 15.8 Å². The Morgan fingerprint density at radius 3 is 2.54 bits per heavy atom. The van der Waals surface area contributed by atoms with Crippen molar-refractivity contribution in [2.75, 3.05) is 30.4 Å². The zero-order chi connectivity index (χ0) is 26.1. The molecule has 2 aliphatic heterocycles. The lowest BCUT2D eigenvalue weighted by molar-refractivity contribution is 0.0780. The summed E-state index contributed by atoms with van der Waals surface area (Å²) in [6.07, 6.45) is 3.05. The van der Waals surface area contributed by atoms with Crippen LogP contribution in [0, 0.1) is 20.8 Å². The van der Waals surface area contributed by atoms with Gasteiger partial charge in [0.1, 0.15) is 16.6 Å². The quantitative estimate of drug-likeness (QED) is 0.386. The fourth-order valence-electron chi connectivity index (χ4n) is 5.84. The minimum atomic E-state index is -0.916. The molecular formula is C28H33N7OS. The average molecular weight is 516 g/mol. The molecule has 0 unspecified atom stereocenters. The highest BCUT2D eigenvalue weighted by atomic mass is 32.1. The fourth-order valence-corrected chi connectivity index (χ4v) is 6.92. The van der Waals surface area contributed by atoms with E-state index in [0.29, 0.717) is 17.9 Å². The lowest BCUT2D eigenvalue weighted by atomic mass is 9.89. The number of thiazole rings is 1. The number of aryl methyl sites for hydroxylation is 2. The SMILES string of the molecule is Cc1cc(Nc2cc3nc(-c4c(C)ccc(C(C)(C)O)c4C)sc3cn2)nc(N2C[C@@H]3C[C@H]2CN3C)n1. The first kappa shape index (κ1) is 24.2. The maximum atomic E-state index is 10.6. The summed E-state index contributed by atoms with van der Waals surface area (Å²) in [5, 5.41) is 15.0. The molecule has 1 aromatic carbocycles. The number of nitrogens with zero attached hydrogens (tertiary/aromatic N) is 6. The number of aromatic nitrogens is 4. The van der Waals surface area contributed by atoms with Crippen molar-refractivity contribution in [1.29, 1.82) is 0 Å². The summed E-state index contributed by atoms with van der Waals surface area (Å²) in [5.41, 5.74) is 5.10. The summed E-state index contributed by atoms with van der Waals surface area (Å²) >= 11 is 1.62. The van der Waals surface area contributed by atoms with Gasteiger partial charge in [-0.15, -0.1) is 11.3 Å². The Kier molecular flexibility index (Phi) is 5.70. The molecule has 0 saturated carbocycles. The molecule has 0 aliphatic carbocycles. The summed E-state index contributed by atoms with van der Waals surface area (Å²) in [6.45, 7) is 11.8. The molecule has 0 spiro atoms. The van der Waals surface area contributed by atoms with Crippen LogP contribution in [0.5, 0.6) is 0 Å². The van der Waals surface area contributed by atoms with Gasteiger partial charge < -0.3 is 15.3 Å². The van der Waals surface area contributed by atoms with Crippen molar-refractivity contribution in [3.8, 4) is 10.6 Å². The highest BCUT2D eigenvalue weighted by molar-refractivity contribution is 7.21. The van der Waals surface area contributed by atoms with Crippen LogP contribution in [0.1, 0.15) is 42.7 Å². The van der Waals surface area contributed by atoms with Crippen molar-refractivity contribution in [2.45, 2.75) is 58.7 Å². The largest absolute Gasteiger partial charge is 0.386 e. The highest BCUT2D eigenvalue weighted by Gasteiger charge is 2.42. The van der Waals surface area contributed by atoms with Crippen LogP contribution >= 0.6 is 11.3 Å². The van der Waals surface area contributed by atoms with Gasteiger partial charge in [-0.05, 0) is 64.8 Å². The molecule has 3 aromatic heterocycles. The average Bonchev–Trinajstić information content (AvgIpc) is 3.51. The standard InChI is InChI=1S/C28H33N7OS/c1-15-7-8-20(28(4,5)36)17(3)25(15)26-31-21-11-23(29-12-22(21)37-26)32-24-9-16(2)30-27(33-24)35-14-18-10-19(35)13-34(18)6/h7-9,11-12,18-19,36H,10,13-14H2,1-6H3,(H,29,30,32,33)/t18-,19-/m0/s1. The minimum Gasteiger partial charge on any atom is -0.386 e. The summed E-state index contributed by atoms with van der Waals surface area (Å²) in [5.74, 6) is 2.23. The van der Waals surface area contributed by atoms with Gasteiger partial charge in [0.2, 0.25) is 5.95 Å². The van der Waals surface area contributed by atoms with E-state index in [0.717, 1.165) is 68.0 Å². The number of likely N-dealkylation sites (tertiary alicyclic amines) is 1. The first-order valence-electron chi connectivity index (χ1n) is 12.8. The Hall–Kier alpha value is -3.14. The van der Waals surface area contributed by atoms with Crippen LogP contribution in [0.3, 0.4) is 0 Å². The van der Waals surface area contributed by atoms with Gasteiger partial charge >= 0.3 is 0 Å². The Morgan fingerprint density at radius 2 is 1.84 bits per heavy atom. The topological polar surface area (TPSA) is 90.3 Å². The molecule has 2 bridgehead atoms. The van der Waals surface area contributed by atoms with E-state index in [2.05, 4.69) is 47.1 Å². The van der Waals surface area contributed by atoms with Gasteiger partial charge in [-0.3, -0.25) is 4.90 Å². The van der Waals surface area contributed by atoms with E-state index in [1.54, 1.807) is 11.3 Å². The van der Waals surface area contributed by atoms with Crippen LogP contribution in [0.4, 0.5) is 17.6 Å². The third-order valence-corrected chi connectivity index (χ3v) is 8.71. The van der Waals surface area contributed by atoms with E-state index in [9.17, 15) is 5.11 Å². The summed E-state index contributed by atoms with van der Waals surface area (Å²) in [7, 11) is 2.20. The second-order valence-corrected chi connectivity index (χ2v) is 12.0. The molecule has 6 rings (SSSR count). The van der Waals surface area contributed by atoms with E-state index < -0.39 is 5.60 Å². The predicted molar refractivity (Wildman–Crippen MR) is 150 cm³/mol. The van der Waals surface area contributed by atoms with Gasteiger partial charge in [-0.1, -0.05) is 12.1 Å². The maximum Gasteiger partial charge on any atom is 0.227 e. The fraction of sp³-hybridized carbons (Fsp3) is 0.429. The zero-order valence-electron chi connectivity index (χ0n) is 22.2. The number of hydrogen-bond acceptors (Lipinski definition) is 9. The lowest BCUT2D eigenvalue weighted by Crippen LogP contribution is -2.45. The Bertz CT molecular complexity index is 1510. The number of hydrogen-bond donors (Lipinski definition) is 2. The van der Waals surface area contributed by atoms with Crippen LogP contribution in [0.15, 0.2) is 30.5 Å². The van der Waals surface area contributed by atoms with Gasteiger partial charge in [0, 0.05) is 54.8 Å².